The number of ether oxygens (including phenoxy) is 1. The Hall–Kier alpha value is -6.28. The number of likely N-dealkylation sites (N-methyl/N-ethyl adjacent to an activating group) is 1. The van der Waals surface area contributed by atoms with E-state index in [4.69, 9.17) is 21.6 Å². The van der Waals surface area contributed by atoms with Crippen molar-refractivity contribution in [2.75, 3.05) is 55.9 Å². The standard InChI is InChI=1S/C54H83N11O12S2/c1-8-33(5)45(49(74)58-9-2)64-48(73)42(28-67)62-46(71)39(21-16-22-59-51(55)56)61-47(72)40(25-44(69)70)60-26-43(68)53(6,57)30-78-23-14-15-24-79-31-54(7,50(75)63-41(27-66)32(3)4)65-52(76)77-29-38-36-19-12-10-17-34(36)35-18-11-13-20-37(35)38/h10-13,17-20,27,32-33,38-42,45,60,67H,8-9,14-16,21-26,28-31,57H2,1-7H3,(H,58,74)(H,61,72)(H,62,71)(H,63,75)(H,64,73)(H,65,76)(H,69,70)(H4,55,56,59)/t33-,39+,40+,41+,42+,45+,53+,54+/m1/s1. The van der Waals surface area contributed by atoms with Crippen molar-refractivity contribution in [3.05, 3.63) is 59.7 Å². The number of Topliss-reactive ketones (excluding diaryl/α,β-unsaturated/α-hetero) is 1. The van der Waals surface area contributed by atoms with Gasteiger partial charge in [0.1, 0.15) is 36.6 Å². The van der Waals surface area contributed by atoms with Crippen LogP contribution in [0.25, 0.3) is 11.1 Å². The third-order valence-electron chi connectivity index (χ3n) is 13.4. The zero-order chi connectivity index (χ0) is 58.9. The topological polar surface area (TPSA) is 375 Å². The molecule has 0 bridgehead atoms. The summed E-state index contributed by atoms with van der Waals surface area (Å²) in [6, 6.07) is 9.67. The summed E-state index contributed by atoms with van der Waals surface area (Å²) in [5, 5.41) is 48.2. The summed E-state index contributed by atoms with van der Waals surface area (Å²) >= 11 is 2.85. The lowest BCUT2D eigenvalue weighted by atomic mass is 9.98. The lowest BCUT2D eigenvalue weighted by Crippen LogP contribution is -2.61. The van der Waals surface area contributed by atoms with Gasteiger partial charge in [-0.25, -0.2) is 4.79 Å². The number of carboxylic acid groups (broad SMARTS) is 1. The number of guanidine groups is 1. The van der Waals surface area contributed by atoms with Crippen LogP contribution < -0.4 is 54.0 Å². The molecule has 6 amide bonds. The third kappa shape index (κ3) is 21.4. The minimum absolute atomic E-state index is 0.0472. The molecule has 0 aromatic heterocycles. The third-order valence-corrected chi connectivity index (χ3v) is 16.2. The highest BCUT2D eigenvalue weighted by molar-refractivity contribution is 7.99. The minimum atomic E-state index is -1.55. The van der Waals surface area contributed by atoms with Crippen LogP contribution in [0, 0.1) is 17.2 Å². The van der Waals surface area contributed by atoms with Gasteiger partial charge in [0.25, 0.3) is 0 Å². The van der Waals surface area contributed by atoms with Crippen molar-refractivity contribution in [1.29, 1.82) is 5.41 Å². The molecular formula is C54H83N11O12S2. The molecule has 23 nitrogen and oxygen atoms in total. The van der Waals surface area contributed by atoms with Gasteiger partial charge < -0.3 is 68.4 Å². The first-order valence-corrected chi connectivity index (χ1v) is 28.9. The van der Waals surface area contributed by atoms with E-state index < -0.39 is 108 Å². The fraction of sp³-hybridized carbons (Fsp3) is 0.593. The molecule has 0 radical (unpaired) electrons. The molecule has 79 heavy (non-hydrogen) atoms. The average molecular weight is 1140 g/mol. The molecular weight excluding hydrogens is 1060 g/mol. The summed E-state index contributed by atoms with van der Waals surface area (Å²) in [6.45, 7) is 11.1. The number of fused-ring (bicyclic) bond motifs is 3. The molecule has 0 saturated carbocycles. The van der Waals surface area contributed by atoms with E-state index in [-0.39, 0.29) is 61.2 Å². The van der Waals surface area contributed by atoms with Gasteiger partial charge in [0.15, 0.2) is 11.7 Å². The quantitative estimate of drug-likeness (QED) is 0.0197. The van der Waals surface area contributed by atoms with Gasteiger partial charge in [-0.1, -0.05) is 82.6 Å². The number of aliphatic carboxylic acids is 1. The number of aldehydes is 1. The number of hydrogen-bond acceptors (Lipinski definition) is 16. The number of aliphatic hydroxyl groups is 1. The van der Waals surface area contributed by atoms with E-state index in [0.717, 1.165) is 22.3 Å². The van der Waals surface area contributed by atoms with Crippen molar-refractivity contribution in [1.82, 2.24) is 42.5 Å². The van der Waals surface area contributed by atoms with Gasteiger partial charge >= 0.3 is 12.1 Å². The average Bonchev–Trinajstić information content (AvgIpc) is 3.84. The second-order valence-corrected chi connectivity index (χ2v) is 22.6. The van der Waals surface area contributed by atoms with E-state index in [2.05, 4.69) is 42.5 Å². The predicted octanol–water partition coefficient (Wildman–Crippen LogP) is 1.48. The summed E-state index contributed by atoms with van der Waals surface area (Å²) in [5.74, 6) is -5.15. The van der Waals surface area contributed by atoms with E-state index in [1.165, 1.54) is 30.4 Å². The van der Waals surface area contributed by atoms with Crippen molar-refractivity contribution in [3.8, 4) is 11.1 Å². The summed E-state index contributed by atoms with van der Waals surface area (Å²) < 4.78 is 5.78. The van der Waals surface area contributed by atoms with Crippen molar-refractivity contribution >= 4 is 83.2 Å². The SMILES string of the molecule is CCNC(=O)[C@@H](NC(=O)[C@H](CO)NC(=O)[C@H](CCCNC(=N)N)NC(=O)[C@H](CC(=O)O)NCC(=O)[C@@](C)(N)CSCCCCSC[C@](C)(NC(=O)OCC1c2ccccc2-c2ccccc21)C(=O)N[C@@H](C=O)C(C)C)[C@H](C)CC. The smallest absolute Gasteiger partial charge is 0.408 e. The molecule has 0 spiro atoms. The maximum Gasteiger partial charge on any atom is 0.408 e. The predicted molar refractivity (Wildman–Crippen MR) is 305 cm³/mol. The Bertz CT molecular complexity index is 2370. The van der Waals surface area contributed by atoms with Gasteiger partial charge in [-0.05, 0) is 92.0 Å². The Kier molecular flexibility index (Phi) is 28.3. The number of carbonyl (C=O) groups is 9. The zero-order valence-electron chi connectivity index (χ0n) is 46.4. The van der Waals surface area contributed by atoms with Crippen molar-refractivity contribution in [2.45, 2.75) is 134 Å². The normalized spacial score (nSPS) is 15.6. The van der Waals surface area contributed by atoms with Gasteiger partial charge in [-0.15, -0.1) is 0 Å². The maximum atomic E-state index is 13.7. The van der Waals surface area contributed by atoms with Crippen LogP contribution in [0.15, 0.2) is 48.5 Å². The van der Waals surface area contributed by atoms with Crippen LogP contribution in [0.3, 0.4) is 0 Å². The molecule has 25 heteroatoms. The molecule has 1 aliphatic rings. The molecule has 0 fully saturated rings. The number of nitrogens with one attached hydrogen (secondary N) is 9. The molecule has 1 aliphatic carbocycles. The molecule has 0 saturated heterocycles. The van der Waals surface area contributed by atoms with E-state index >= 15 is 0 Å². The number of carboxylic acids is 1. The molecule has 0 heterocycles. The van der Waals surface area contributed by atoms with Gasteiger partial charge in [-0.3, -0.25) is 44.3 Å². The van der Waals surface area contributed by atoms with Crippen LogP contribution >= 0.6 is 23.5 Å². The number of carbonyl (C=O) groups excluding carboxylic acids is 8. The monoisotopic (exact) mass is 1140 g/mol. The first-order valence-electron chi connectivity index (χ1n) is 26.6. The second-order valence-electron chi connectivity index (χ2n) is 20.4. The second kappa shape index (κ2) is 33.3. The van der Waals surface area contributed by atoms with Gasteiger partial charge in [0.05, 0.1) is 37.2 Å². The lowest BCUT2D eigenvalue weighted by molar-refractivity contribution is -0.140. The van der Waals surface area contributed by atoms with Gasteiger partial charge in [0.2, 0.25) is 29.5 Å². The molecule has 0 unspecified atom stereocenters. The van der Waals surface area contributed by atoms with Crippen molar-refractivity contribution in [2.24, 2.45) is 23.3 Å². The van der Waals surface area contributed by atoms with Crippen LogP contribution in [-0.4, -0.2) is 167 Å². The van der Waals surface area contributed by atoms with E-state index in [9.17, 15) is 53.4 Å². The van der Waals surface area contributed by atoms with E-state index in [1.807, 2.05) is 55.5 Å². The summed E-state index contributed by atoms with van der Waals surface area (Å²) in [7, 11) is 0. The number of unbranched alkanes of at least 4 members (excludes halogenated alkanes) is 1. The van der Waals surface area contributed by atoms with Gasteiger partial charge in [-0.2, -0.15) is 23.5 Å². The number of hydrogen-bond donors (Lipinski definition) is 13. The molecule has 0 aliphatic heterocycles. The first-order chi connectivity index (χ1) is 37.4. The van der Waals surface area contributed by atoms with E-state index in [1.54, 1.807) is 34.6 Å². The number of ketones is 1. The van der Waals surface area contributed by atoms with Crippen LogP contribution in [0.1, 0.15) is 104 Å². The molecule has 15 N–H and O–H groups in total. The molecule has 2 aromatic carbocycles. The Labute approximate surface area is 471 Å². The van der Waals surface area contributed by atoms with E-state index in [0.29, 0.717) is 43.6 Å². The number of alkyl carbamates (subject to hydrolysis) is 1. The summed E-state index contributed by atoms with van der Waals surface area (Å²) in [5.41, 5.74) is 13.2. The van der Waals surface area contributed by atoms with Crippen molar-refractivity contribution in [3.63, 3.8) is 0 Å². The molecule has 3 rings (SSSR count). The number of benzene rings is 2. The fourth-order valence-corrected chi connectivity index (χ4v) is 10.7. The largest absolute Gasteiger partial charge is 0.481 e. The number of rotatable bonds is 37. The summed E-state index contributed by atoms with van der Waals surface area (Å²) in [6.07, 6.45) is 1.07. The Morgan fingerprint density at radius 2 is 1.35 bits per heavy atom. The number of amides is 6. The highest BCUT2D eigenvalue weighted by Gasteiger charge is 2.39. The zero-order valence-corrected chi connectivity index (χ0v) is 48.0. The Balaban J connectivity index is 1.56. The molecule has 438 valence electrons. The lowest BCUT2D eigenvalue weighted by Gasteiger charge is -2.31. The fourth-order valence-electron chi connectivity index (χ4n) is 8.36. The number of nitrogens with two attached hydrogens (primary N) is 2. The molecule has 8 atom stereocenters. The van der Waals surface area contributed by atoms with Crippen LogP contribution in [0.5, 0.6) is 0 Å². The number of thioether (sulfide) groups is 2. The first kappa shape index (κ1) is 67.0. The van der Waals surface area contributed by atoms with Crippen LogP contribution in [0.4, 0.5) is 4.79 Å². The van der Waals surface area contributed by atoms with Crippen LogP contribution in [-0.2, 0) is 43.1 Å². The minimum Gasteiger partial charge on any atom is -0.481 e. The Morgan fingerprint density at radius 3 is 1.90 bits per heavy atom. The molecule has 2 aromatic rings. The highest BCUT2D eigenvalue weighted by atomic mass is 32.2. The van der Waals surface area contributed by atoms with Crippen molar-refractivity contribution < 1.29 is 58.1 Å². The Morgan fingerprint density at radius 1 is 0.785 bits per heavy atom. The van der Waals surface area contributed by atoms with Crippen LogP contribution in [0.2, 0.25) is 0 Å². The van der Waals surface area contributed by atoms with Gasteiger partial charge in [0, 0.05) is 30.5 Å². The number of aliphatic hydroxyl groups excluding tert-OH is 1. The highest BCUT2D eigenvalue weighted by Crippen LogP contribution is 2.44. The summed E-state index contributed by atoms with van der Waals surface area (Å²) in [4.78, 5) is 118. The maximum absolute atomic E-state index is 13.7.